The minimum atomic E-state index is -0.355. The second-order valence-electron chi connectivity index (χ2n) is 34.9. The third-order valence-electron chi connectivity index (χ3n) is 24.6. The molecule has 24 nitrogen and oxygen atoms in total. The molecule has 32 heteroatoms. The number of likely N-dealkylation sites (tertiary alicyclic amines) is 4. The molecule has 5 fully saturated rings. The van der Waals surface area contributed by atoms with Crippen LogP contribution in [0.3, 0.4) is 0 Å². The first-order chi connectivity index (χ1) is 62.3. The van der Waals surface area contributed by atoms with E-state index in [4.69, 9.17) is 116 Å². The van der Waals surface area contributed by atoms with Crippen molar-refractivity contribution in [3.63, 3.8) is 0 Å². The predicted molar refractivity (Wildman–Crippen MR) is 502 cm³/mol. The molecule has 0 radical (unpaired) electrons. The normalized spacial score (nSPS) is 21.1. The highest BCUT2D eigenvalue weighted by molar-refractivity contribution is 6.32. The molecule has 5 aliphatic rings. The fourth-order valence-electron chi connectivity index (χ4n) is 17.1. The minimum absolute atomic E-state index is 0.0458. The quantitative estimate of drug-likeness (QED) is 0.0610. The molecule has 670 valence electrons. The van der Waals surface area contributed by atoms with E-state index in [1.165, 1.54) is 11.8 Å². The van der Waals surface area contributed by atoms with Gasteiger partial charge in [-0.3, -0.25) is 19.2 Å². The monoisotopic (exact) mass is 1900 g/mol. The van der Waals surface area contributed by atoms with E-state index in [0.29, 0.717) is 182 Å². The fourth-order valence-corrected chi connectivity index (χ4v) is 18.1. The summed E-state index contributed by atoms with van der Waals surface area (Å²) in [5.41, 5.74) is 6.18. The van der Waals surface area contributed by atoms with E-state index in [2.05, 4.69) is 97.1 Å². The van der Waals surface area contributed by atoms with Gasteiger partial charge in [-0.15, -0.1) is 0 Å². The van der Waals surface area contributed by atoms with Crippen LogP contribution >= 0.6 is 92.8 Å². The average Bonchev–Trinajstić information content (AvgIpc) is 1.60. The summed E-state index contributed by atoms with van der Waals surface area (Å²) in [5, 5.41) is 20.8. The third kappa shape index (κ3) is 22.8. The van der Waals surface area contributed by atoms with Gasteiger partial charge < -0.3 is 43.1 Å². The highest BCUT2D eigenvalue weighted by atomic mass is 35.5. The molecular weight excluding hydrogens is 1810 g/mol. The number of hydrogen-bond donors (Lipinski definition) is 0. The summed E-state index contributed by atoms with van der Waals surface area (Å²) in [6, 6.07) is 59.6. The maximum absolute atomic E-state index is 13.5. The summed E-state index contributed by atoms with van der Waals surface area (Å²) in [4.78, 5) is 86.4. The van der Waals surface area contributed by atoms with Gasteiger partial charge in [0.1, 0.15) is 0 Å². The molecule has 13 aromatic rings. The van der Waals surface area contributed by atoms with Gasteiger partial charge in [0.25, 0.3) is 23.6 Å². The van der Waals surface area contributed by atoms with Gasteiger partial charge in [0, 0.05) is 202 Å². The Morgan fingerprint density at radius 1 is 0.400 bits per heavy atom. The maximum atomic E-state index is 13.5. The molecule has 0 bridgehead atoms. The summed E-state index contributed by atoms with van der Waals surface area (Å²) in [6.45, 7) is 20.5. The van der Waals surface area contributed by atoms with E-state index < -0.39 is 0 Å². The van der Waals surface area contributed by atoms with Gasteiger partial charge in [-0.1, -0.05) is 181 Å². The second-order valence-corrected chi connectivity index (χ2v) is 38.4. The fraction of sp³-hybridized carbons (Fsp3) is 0.306. The van der Waals surface area contributed by atoms with E-state index in [0.717, 1.165) is 35.1 Å². The molecule has 1 saturated carbocycles. The number of hydrogen-bond acceptors (Lipinski definition) is 19. The zero-order valence-corrected chi connectivity index (χ0v) is 78.3. The lowest BCUT2D eigenvalue weighted by atomic mass is 9.77. The standard InChI is InChI=1S/C27H24Cl2N4O3.C26H23Cl2N5O2.C23H22Cl2N4O2.C22H24Cl2N2O2/c1-17-31-25(36-32-17)19-3-5-20(6-4-19)26(34)33-14-23(18-7-9-21(28)10-8-18)27(2,15-33)16-35-24-12-11-22(29)13-30-24;1-26(17-35-24-10-8-21(28)14-30-24)16-32(15-22(26)18-3-6-20(27)7-4-18)25(34)19-5-9-23(29-13-19)33-12-2-11-31-33;1-15-9-17(10-27-28-15)22(30)29-12-20(16-3-5-18(24)6-4-16)23(2,13-29)14-31-21-8-7-19(25)11-26-21;1-21(9-10-21)20(27)26-12-18(15-3-5-16(23)6-4-15)22(2,13-26)14-28-19-8-7-17(24)11-25-19/h3-13,23H,14-16H2,1-2H3;2-14,22H,15-17H2,1H3;3-11,20H,12-14H2,1-2H3;3-8,11,18H,9-10,12-14H2,1-2H3. The summed E-state index contributed by atoms with van der Waals surface area (Å²) in [7, 11) is 0. The molecule has 4 amide bonds. The Labute approximate surface area is 793 Å². The highest BCUT2D eigenvalue weighted by Crippen LogP contribution is 2.52. The lowest BCUT2D eigenvalue weighted by Gasteiger charge is -2.30. The Kier molecular flexibility index (Phi) is 29.1. The smallest absolute Gasteiger partial charge is 0.257 e. The van der Waals surface area contributed by atoms with Gasteiger partial charge in [-0.05, 0) is 170 Å². The van der Waals surface area contributed by atoms with Crippen LogP contribution < -0.4 is 18.9 Å². The lowest BCUT2D eigenvalue weighted by Crippen LogP contribution is -2.37. The molecule has 4 saturated heterocycles. The van der Waals surface area contributed by atoms with Gasteiger partial charge in [0.2, 0.25) is 29.4 Å². The first-order valence-corrected chi connectivity index (χ1v) is 45.2. The van der Waals surface area contributed by atoms with E-state index >= 15 is 0 Å². The van der Waals surface area contributed by atoms with Crippen molar-refractivity contribution >= 4 is 116 Å². The predicted octanol–water partition coefficient (Wildman–Crippen LogP) is 21.4. The largest absolute Gasteiger partial charge is 0.477 e. The number of nitrogens with zero attached hydrogens (tertiary/aromatic N) is 15. The number of pyridine rings is 5. The zero-order chi connectivity index (χ0) is 91.7. The second kappa shape index (κ2) is 40.6. The third-order valence-corrected chi connectivity index (χ3v) is 26.5. The van der Waals surface area contributed by atoms with Gasteiger partial charge in [0.15, 0.2) is 11.6 Å². The van der Waals surface area contributed by atoms with Crippen LogP contribution in [0.25, 0.3) is 17.3 Å². The van der Waals surface area contributed by atoms with Crippen molar-refractivity contribution < 1.29 is 42.6 Å². The molecule has 8 unspecified atom stereocenters. The Morgan fingerprint density at radius 2 is 0.754 bits per heavy atom. The van der Waals surface area contributed by atoms with Crippen LogP contribution in [0.5, 0.6) is 23.5 Å². The number of amides is 4. The number of aromatic nitrogens is 11. The van der Waals surface area contributed by atoms with Gasteiger partial charge in [-0.2, -0.15) is 20.3 Å². The number of halogens is 8. The molecule has 8 aromatic heterocycles. The Hall–Kier alpha value is -11.3. The molecule has 18 rings (SSSR count). The summed E-state index contributed by atoms with van der Waals surface area (Å²) < 4.78 is 31.0. The molecule has 1 aliphatic carbocycles. The van der Waals surface area contributed by atoms with Crippen molar-refractivity contribution in [2.75, 3.05) is 78.8 Å². The highest BCUT2D eigenvalue weighted by Gasteiger charge is 2.54. The number of carbonyl (C=O) groups is 4. The number of carbonyl (C=O) groups excluding carboxylic acids is 4. The van der Waals surface area contributed by atoms with E-state index in [1.54, 1.807) is 128 Å². The average molecular weight is 1910 g/mol. The number of rotatable bonds is 22. The Balaban J connectivity index is 0.000000134. The molecule has 12 heterocycles. The number of aryl methyl sites for hydroxylation is 2. The summed E-state index contributed by atoms with van der Waals surface area (Å²) in [6.07, 6.45) is 14.8. The van der Waals surface area contributed by atoms with E-state index in [9.17, 15) is 19.2 Å². The van der Waals surface area contributed by atoms with Crippen LogP contribution in [-0.2, 0) is 4.79 Å². The molecule has 4 aliphatic heterocycles. The molecule has 8 atom stereocenters. The zero-order valence-electron chi connectivity index (χ0n) is 72.2. The molecular formula is C98H93Cl8N15O9. The van der Waals surface area contributed by atoms with E-state index in [-0.39, 0.29) is 74.4 Å². The molecule has 5 aromatic carbocycles. The van der Waals surface area contributed by atoms with Crippen molar-refractivity contribution in [3.8, 4) is 40.8 Å². The van der Waals surface area contributed by atoms with Crippen LogP contribution in [0, 0.1) is 40.9 Å². The van der Waals surface area contributed by atoms with Gasteiger partial charge in [0.05, 0.1) is 69.5 Å². The minimum Gasteiger partial charge on any atom is -0.477 e. The van der Waals surface area contributed by atoms with Crippen molar-refractivity contribution in [1.29, 1.82) is 0 Å². The van der Waals surface area contributed by atoms with Crippen molar-refractivity contribution in [1.82, 2.24) is 74.6 Å². The van der Waals surface area contributed by atoms with E-state index in [1.807, 2.05) is 136 Å². The van der Waals surface area contributed by atoms with Gasteiger partial charge in [-0.25, -0.2) is 29.6 Å². The Bertz CT molecular complexity index is 6070. The van der Waals surface area contributed by atoms with Crippen LogP contribution in [0.1, 0.15) is 136 Å². The summed E-state index contributed by atoms with van der Waals surface area (Å²) >= 11 is 48.2. The molecule has 0 N–H and O–H groups in total. The van der Waals surface area contributed by atoms with Gasteiger partial charge >= 0.3 is 0 Å². The maximum Gasteiger partial charge on any atom is 0.257 e. The lowest BCUT2D eigenvalue weighted by molar-refractivity contribution is -0.135. The van der Waals surface area contributed by atoms with Crippen molar-refractivity contribution in [3.05, 3.63) is 334 Å². The van der Waals surface area contributed by atoms with Crippen LogP contribution in [0.15, 0.2) is 248 Å². The van der Waals surface area contributed by atoms with Crippen LogP contribution in [0.4, 0.5) is 0 Å². The summed E-state index contributed by atoms with van der Waals surface area (Å²) in [5.74, 6) is 4.08. The Morgan fingerprint density at radius 3 is 1.08 bits per heavy atom. The van der Waals surface area contributed by atoms with Crippen molar-refractivity contribution in [2.24, 2.45) is 27.1 Å². The number of ether oxygens (including phenoxy) is 4. The molecule has 0 spiro atoms. The number of benzene rings is 5. The first kappa shape index (κ1) is 93.4. The SMILES string of the molecule is CC1(C(=O)N2CC(c3ccc(Cl)cc3)C(C)(COc3ccc(Cl)cn3)C2)CC1.CC1(COc2ccc(Cl)cn2)CN(C(=O)c2ccc(-n3cccn3)nc2)CC1c1ccc(Cl)cc1.Cc1cc(C(=O)N2CC(c3ccc(Cl)cc3)C(C)(COc3ccc(Cl)cn3)C2)cnn1.Cc1noc(-c2ccc(C(=O)N3CC(c4ccc(Cl)cc4)C(C)(COc4ccc(Cl)cn4)C3)cc2)n1. The topological polar surface area (TPSA) is 265 Å². The van der Waals surface area contributed by atoms with Crippen molar-refractivity contribution in [2.45, 2.75) is 85.0 Å². The molecule has 130 heavy (non-hydrogen) atoms. The van der Waals surface area contributed by atoms with Crippen LogP contribution in [0.2, 0.25) is 40.2 Å². The first-order valence-electron chi connectivity index (χ1n) is 42.2. The van der Waals surface area contributed by atoms with Crippen LogP contribution in [-0.4, -0.2) is 177 Å².